The molecule has 43 heavy (non-hydrogen) atoms. The van der Waals surface area contributed by atoms with E-state index in [-0.39, 0.29) is 23.9 Å². The van der Waals surface area contributed by atoms with Gasteiger partial charge in [-0.2, -0.15) is 9.29 Å². The lowest BCUT2D eigenvalue weighted by atomic mass is 9.92. The zero-order chi connectivity index (χ0) is 29.8. The Balaban J connectivity index is 1.01. The highest BCUT2D eigenvalue weighted by molar-refractivity contribution is 7.89. The molecule has 1 aromatic carbocycles. The second kappa shape index (κ2) is 11.1. The molecule has 2 N–H and O–H groups in total. The van der Waals surface area contributed by atoms with Crippen molar-refractivity contribution in [1.29, 1.82) is 0 Å². The van der Waals surface area contributed by atoms with Crippen molar-refractivity contribution in [3.05, 3.63) is 36.0 Å². The summed E-state index contributed by atoms with van der Waals surface area (Å²) < 4.78 is 28.7. The summed E-state index contributed by atoms with van der Waals surface area (Å²) in [5, 5.41) is 13.7. The molecule has 230 valence electrons. The van der Waals surface area contributed by atoms with Crippen molar-refractivity contribution in [1.82, 2.24) is 14.3 Å². The first-order valence-electron chi connectivity index (χ1n) is 15.7. The minimum absolute atomic E-state index is 0.00638. The largest absolute Gasteiger partial charge is 0.393 e. The summed E-state index contributed by atoms with van der Waals surface area (Å²) in [5.41, 5.74) is 1.29. The lowest BCUT2D eigenvalue weighted by molar-refractivity contribution is -0.121. The number of aldehydes is 1. The molecule has 2 aromatic rings. The molecule has 11 nitrogen and oxygen atoms in total. The van der Waals surface area contributed by atoms with Gasteiger partial charge in [0.1, 0.15) is 12.1 Å². The van der Waals surface area contributed by atoms with E-state index in [1.165, 1.54) is 0 Å². The number of aliphatic hydroxyl groups excluding tert-OH is 1. The van der Waals surface area contributed by atoms with E-state index in [1.54, 1.807) is 28.7 Å². The number of aromatic nitrogens is 2. The Hall–Kier alpha value is -3.09. The molecule has 2 saturated heterocycles. The van der Waals surface area contributed by atoms with Crippen molar-refractivity contribution < 1.29 is 23.1 Å². The standard InChI is InChI=1S/C31H40N6O5S/c38-20-21-7-13-35(14-8-21)23-3-2-6-26(18-23)43(41,42)36-15-9-22(10-16-36)33-30-32-19-27-28(34-30)37(29(40)31(27)11-12-31)24-4-1-5-25(39)17-24/h2-3,6,18-22,24-25,39H,1,4-5,7-17H2,(H,32,33,34)/t24-,25-/m1/s1. The van der Waals surface area contributed by atoms with Gasteiger partial charge in [0.2, 0.25) is 21.9 Å². The number of benzene rings is 1. The van der Waals surface area contributed by atoms with Crippen LogP contribution in [0.25, 0.3) is 0 Å². The summed E-state index contributed by atoms with van der Waals surface area (Å²) in [4.78, 5) is 38.3. The zero-order valence-corrected chi connectivity index (χ0v) is 25.2. The second-order valence-corrected chi connectivity index (χ2v) is 14.9. The predicted octanol–water partition coefficient (Wildman–Crippen LogP) is 2.84. The normalized spacial score (nSPS) is 26.5. The third-order valence-electron chi connectivity index (χ3n) is 10.2. The average molecular weight is 609 g/mol. The Morgan fingerprint density at radius 3 is 2.49 bits per heavy atom. The van der Waals surface area contributed by atoms with Crippen LogP contribution in [-0.2, 0) is 25.0 Å². The van der Waals surface area contributed by atoms with Crippen molar-refractivity contribution in [2.45, 2.75) is 92.7 Å². The fourth-order valence-corrected chi connectivity index (χ4v) is 8.94. The number of nitrogens with one attached hydrogen (secondary N) is 1. The maximum atomic E-state index is 13.6. The van der Waals surface area contributed by atoms with Crippen molar-refractivity contribution in [3.63, 3.8) is 0 Å². The number of anilines is 3. The summed E-state index contributed by atoms with van der Waals surface area (Å²) in [6.07, 6.45) is 9.94. The van der Waals surface area contributed by atoms with Crippen LogP contribution < -0.4 is 15.1 Å². The molecule has 4 fully saturated rings. The number of sulfonamides is 1. The predicted molar refractivity (Wildman–Crippen MR) is 162 cm³/mol. The van der Waals surface area contributed by atoms with Crippen LogP contribution in [-0.4, -0.2) is 84.4 Å². The van der Waals surface area contributed by atoms with Gasteiger partial charge >= 0.3 is 0 Å². The molecule has 2 atom stereocenters. The second-order valence-electron chi connectivity index (χ2n) is 12.9. The van der Waals surface area contributed by atoms with E-state index in [2.05, 4.69) is 15.2 Å². The maximum absolute atomic E-state index is 13.6. The molecule has 3 aliphatic heterocycles. The lowest BCUT2D eigenvalue weighted by Crippen LogP contribution is -2.44. The van der Waals surface area contributed by atoms with Gasteiger partial charge in [-0.05, 0) is 82.4 Å². The summed E-state index contributed by atoms with van der Waals surface area (Å²) in [6.45, 7) is 2.25. The Morgan fingerprint density at radius 2 is 1.79 bits per heavy atom. The van der Waals surface area contributed by atoms with Crippen LogP contribution in [0.1, 0.15) is 69.8 Å². The number of hydrogen-bond donors (Lipinski definition) is 2. The van der Waals surface area contributed by atoms with Gasteiger partial charge in [0.05, 0.1) is 16.4 Å². The topological polar surface area (TPSA) is 136 Å². The molecular weight excluding hydrogens is 568 g/mol. The van der Waals surface area contributed by atoms with E-state index in [1.807, 2.05) is 11.0 Å². The molecular formula is C31H40N6O5S. The van der Waals surface area contributed by atoms with Crippen molar-refractivity contribution in [2.75, 3.05) is 41.3 Å². The molecule has 0 unspecified atom stereocenters. The first kappa shape index (κ1) is 28.7. The van der Waals surface area contributed by atoms with Crippen LogP contribution in [0.5, 0.6) is 0 Å². The lowest BCUT2D eigenvalue weighted by Gasteiger charge is -2.34. The molecule has 5 aliphatic rings. The number of piperidine rings is 2. The van der Waals surface area contributed by atoms with Crippen LogP contribution in [0.4, 0.5) is 17.5 Å². The number of carbonyl (C=O) groups is 2. The molecule has 0 radical (unpaired) electrons. The summed E-state index contributed by atoms with van der Waals surface area (Å²) >= 11 is 0. The number of nitrogens with zero attached hydrogens (tertiary/aromatic N) is 5. The number of aliphatic hydroxyl groups is 1. The smallest absolute Gasteiger partial charge is 0.243 e. The summed E-state index contributed by atoms with van der Waals surface area (Å²) in [5.74, 6) is 1.32. The van der Waals surface area contributed by atoms with Crippen LogP contribution in [0.15, 0.2) is 35.4 Å². The van der Waals surface area contributed by atoms with E-state index < -0.39 is 21.5 Å². The van der Waals surface area contributed by atoms with Crippen molar-refractivity contribution in [2.24, 2.45) is 5.92 Å². The zero-order valence-electron chi connectivity index (χ0n) is 24.4. The molecule has 12 heteroatoms. The van der Waals surface area contributed by atoms with Gasteiger partial charge in [-0.3, -0.25) is 9.69 Å². The van der Waals surface area contributed by atoms with Crippen molar-refractivity contribution >= 4 is 39.7 Å². The minimum Gasteiger partial charge on any atom is -0.393 e. The Bertz CT molecular complexity index is 1500. The number of amides is 1. The fraction of sp³-hybridized carbons (Fsp3) is 0.613. The molecule has 2 aliphatic carbocycles. The van der Waals surface area contributed by atoms with Gasteiger partial charge < -0.3 is 20.1 Å². The van der Waals surface area contributed by atoms with Gasteiger partial charge in [-0.1, -0.05) is 6.07 Å². The van der Waals surface area contributed by atoms with Gasteiger partial charge in [0.15, 0.2) is 0 Å². The SMILES string of the molecule is O=CC1CCN(c2cccc(S(=O)(=O)N3CCC(Nc4ncc5c(n4)N([C@@H]4CCC[C@@H](O)C4)C(=O)C54CC4)CC3)c2)CC1. The van der Waals surface area contributed by atoms with E-state index >= 15 is 0 Å². The Kier molecular flexibility index (Phi) is 7.41. The van der Waals surface area contributed by atoms with E-state index in [0.29, 0.717) is 49.0 Å². The van der Waals surface area contributed by atoms with Crippen LogP contribution in [0, 0.1) is 5.92 Å². The maximum Gasteiger partial charge on any atom is 0.243 e. The molecule has 1 aromatic heterocycles. The highest BCUT2D eigenvalue weighted by Crippen LogP contribution is 2.57. The van der Waals surface area contributed by atoms with Gasteiger partial charge in [-0.15, -0.1) is 0 Å². The molecule has 4 heterocycles. The molecule has 2 saturated carbocycles. The first-order valence-corrected chi connectivity index (χ1v) is 17.2. The summed E-state index contributed by atoms with van der Waals surface area (Å²) in [6, 6.07) is 7.10. The van der Waals surface area contributed by atoms with E-state index in [4.69, 9.17) is 4.98 Å². The molecule has 7 rings (SSSR count). The van der Waals surface area contributed by atoms with Crippen LogP contribution in [0.3, 0.4) is 0 Å². The number of hydrogen-bond acceptors (Lipinski definition) is 9. The van der Waals surface area contributed by atoms with Crippen LogP contribution >= 0.6 is 0 Å². The molecule has 0 bridgehead atoms. The van der Waals surface area contributed by atoms with Gasteiger partial charge in [0, 0.05) is 61.6 Å². The highest BCUT2D eigenvalue weighted by Gasteiger charge is 2.61. The average Bonchev–Trinajstić information content (AvgIpc) is 3.80. The summed E-state index contributed by atoms with van der Waals surface area (Å²) in [7, 11) is -3.65. The van der Waals surface area contributed by atoms with E-state index in [0.717, 1.165) is 75.6 Å². The van der Waals surface area contributed by atoms with E-state index in [9.17, 15) is 23.1 Å². The Morgan fingerprint density at radius 1 is 1.02 bits per heavy atom. The monoisotopic (exact) mass is 608 g/mol. The number of carbonyl (C=O) groups excluding carboxylic acids is 2. The number of fused-ring (bicyclic) bond motifs is 2. The van der Waals surface area contributed by atoms with Crippen LogP contribution in [0.2, 0.25) is 0 Å². The third-order valence-corrected chi connectivity index (χ3v) is 12.1. The highest BCUT2D eigenvalue weighted by atomic mass is 32.2. The molecule has 1 spiro atoms. The fourth-order valence-electron chi connectivity index (χ4n) is 7.43. The molecule has 1 amide bonds. The van der Waals surface area contributed by atoms with Gasteiger partial charge in [0.25, 0.3) is 0 Å². The van der Waals surface area contributed by atoms with Crippen molar-refractivity contribution in [3.8, 4) is 0 Å². The Labute approximate surface area is 252 Å². The number of rotatable bonds is 7. The first-order chi connectivity index (χ1) is 20.8. The van der Waals surface area contributed by atoms with Gasteiger partial charge in [-0.25, -0.2) is 13.4 Å². The minimum atomic E-state index is -3.65. The third kappa shape index (κ3) is 5.21. The quantitative estimate of drug-likeness (QED) is 0.455.